The summed E-state index contributed by atoms with van der Waals surface area (Å²) in [7, 11) is 0. The van der Waals surface area contributed by atoms with E-state index < -0.39 is 0 Å². The Morgan fingerprint density at radius 3 is 2.26 bits per heavy atom. The van der Waals surface area contributed by atoms with Gasteiger partial charge in [-0.2, -0.15) is 0 Å². The van der Waals surface area contributed by atoms with Crippen LogP contribution in [0.15, 0.2) is 48.7 Å². The van der Waals surface area contributed by atoms with Crippen molar-refractivity contribution in [1.29, 1.82) is 0 Å². The number of hydrogen-bond acceptors (Lipinski definition) is 2. The van der Waals surface area contributed by atoms with Crippen LogP contribution in [0.2, 0.25) is 0 Å². The summed E-state index contributed by atoms with van der Waals surface area (Å²) in [5.74, 6) is -0.306. The number of amides is 1. The quantitative estimate of drug-likeness (QED) is 0.728. The number of carbonyl (C=O) groups excluding carboxylic acids is 1. The minimum Gasteiger partial charge on any atom is -0.328 e. The Morgan fingerprint density at radius 1 is 1.11 bits per heavy atom. The summed E-state index contributed by atoms with van der Waals surface area (Å²) in [6, 6.07) is 6.43. The van der Waals surface area contributed by atoms with Crippen LogP contribution in [0.25, 0.3) is 0 Å². The SMILES string of the molecule is O=C(Nc1c(Br)cc(Br)cc1Br)c1ccc(=O)[nH]c1. The Balaban J connectivity index is 2.29. The molecule has 0 saturated carbocycles. The first-order valence-electron chi connectivity index (χ1n) is 5.12. The van der Waals surface area contributed by atoms with E-state index in [2.05, 4.69) is 58.1 Å². The van der Waals surface area contributed by atoms with E-state index in [1.54, 1.807) is 0 Å². The lowest BCUT2D eigenvalue weighted by atomic mass is 10.2. The zero-order valence-electron chi connectivity index (χ0n) is 9.34. The molecule has 2 N–H and O–H groups in total. The number of aromatic amines is 1. The molecular formula is C12H7Br3N2O2. The summed E-state index contributed by atoms with van der Waals surface area (Å²) in [4.78, 5) is 25.4. The fraction of sp³-hybridized carbons (Fsp3) is 0. The lowest BCUT2D eigenvalue weighted by molar-refractivity contribution is 0.102. The molecule has 0 saturated heterocycles. The van der Waals surface area contributed by atoms with Gasteiger partial charge in [0.05, 0.1) is 11.3 Å². The largest absolute Gasteiger partial charge is 0.328 e. The topological polar surface area (TPSA) is 62.0 Å². The molecule has 0 aliphatic rings. The van der Waals surface area contributed by atoms with E-state index >= 15 is 0 Å². The second-order valence-corrected chi connectivity index (χ2v) is 6.26. The number of carbonyl (C=O) groups is 1. The van der Waals surface area contributed by atoms with Crippen molar-refractivity contribution >= 4 is 59.4 Å². The van der Waals surface area contributed by atoms with Crippen LogP contribution in [0.5, 0.6) is 0 Å². The van der Waals surface area contributed by atoms with Crippen LogP contribution in [0.4, 0.5) is 5.69 Å². The molecule has 19 heavy (non-hydrogen) atoms. The Bertz CT molecular complexity index is 654. The Hall–Kier alpha value is -0.920. The summed E-state index contributed by atoms with van der Waals surface area (Å²) in [6.07, 6.45) is 1.37. The molecule has 1 aromatic heterocycles. The Morgan fingerprint density at radius 2 is 1.74 bits per heavy atom. The highest BCUT2D eigenvalue weighted by molar-refractivity contribution is 9.11. The molecule has 2 rings (SSSR count). The molecule has 0 aliphatic carbocycles. The van der Waals surface area contributed by atoms with Crippen LogP contribution < -0.4 is 10.9 Å². The summed E-state index contributed by atoms with van der Waals surface area (Å²) in [5, 5.41) is 2.77. The fourth-order valence-corrected chi connectivity index (χ4v) is 3.86. The third-order valence-electron chi connectivity index (χ3n) is 2.29. The smallest absolute Gasteiger partial charge is 0.257 e. The molecule has 0 bridgehead atoms. The maximum Gasteiger partial charge on any atom is 0.257 e. The number of H-pyrrole nitrogens is 1. The standard InChI is InChI=1S/C12H7Br3N2O2/c13-7-3-8(14)11(9(15)4-7)17-12(19)6-1-2-10(18)16-5-6/h1-5H,(H,16,18)(H,17,19). The van der Waals surface area contributed by atoms with Gasteiger partial charge in [0.15, 0.2) is 0 Å². The van der Waals surface area contributed by atoms with E-state index in [0.717, 1.165) is 13.4 Å². The molecule has 98 valence electrons. The highest BCUT2D eigenvalue weighted by atomic mass is 79.9. The van der Waals surface area contributed by atoms with Gasteiger partial charge in [0.1, 0.15) is 0 Å². The third kappa shape index (κ3) is 3.55. The molecule has 4 nitrogen and oxygen atoms in total. The van der Waals surface area contributed by atoms with Crippen molar-refractivity contribution in [2.24, 2.45) is 0 Å². The minimum absolute atomic E-state index is 0.248. The molecule has 0 spiro atoms. The van der Waals surface area contributed by atoms with Gasteiger partial charge in [-0.1, -0.05) is 15.9 Å². The average molecular weight is 451 g/mol. The van der Waals surface area contributed by atoms with E-state index in [0.29, 0.717) is 11.3 Å². The fourth-order valence-electron chi connectivity index (χ4n) is 1.40. The summed E-state index contributed by atoms with van der Waals surface area (Å²) >= 11 is 10.1. The molecule has 0 aliphatic heterocycles. The molecule has 2 aromatic rings. The predicted octanol–water partition coefficient (Wildman–Crippen LogP) is 3.91. The first-order valence-corrected chi connectivity index (χ1v) is 7.50. The normalized spacial score (nSPS) is 10.3. The number of rotatable bonds is 2. The van der Waals surface area contributed by atoms with Crippen LogP contribution in [0.3, 0.4) is 0 Å². The van der Waals surface area contributed by atoms with Gasteiger partial charge < -0.3 is 10.3 Å². The maximum atomic E-state index is 12.0. The van der Waals surface area contributed by atoms with Crippen molar-refractivity contribution < 1.29 is 4.79 Å². The molecule has 0 atom stereocenters. The average Bonchev–Trinajstić information content (AvgIpc) is 2.34. The van der Waals surface area contributed by atoms with Crippen molar-refractivity contribution in [2.45, 2.75) is 0 Å². The minimum atomic E-state index is -0.306. The molecule has 0 unspecified atom stereocenters. The van der Waals surface area contributed by atoms with E-state index in [4.69, 9.17) is 0 Å². The number of halogens is 3. The second kappa shape index (κ2) is 6.02. The number of hydrogen-bond donors (Lipinski definition) is 2. The monoisotopic (exact) mass is 448 g/mol. The van der Waals surface area contributed by atoms with Gasteiger partial charge in [-0.05, 0) is 50.1 Å². The van der Waals surface area contributed by atoms with Gasteiger partial charge in [-0.15, -0.1) is 0 Å². The highest BCUT2D eigenvalue weighted by Gasteiger charge is 2.12. The molecule has 1 heterocycles. The lowest BCUT2D eigenvalue weighted by Gasteiger charge is -2.10. The predicted molar refractivity (Wildman–Crippen MR) is 84.6 cm³/mol. The van der Waals surface area contributed by atoms with Crippen LogP contribution >= 0.6 is 47.8 Å². The number of benzene rings is 1. The van der Waals surface area contributed by atoms with Crippen LogP contribution in [-0.4, -0.2) is 10.9 Å². The number of nitrogens with one attached hydrogen (secondary N) is 2. The van der Waals surface area contributed by atoms with E-state index in [1.165, 1.54) is 18.3 Å². The molecule has 1 amide bonds. The van der Waals surface area contributed by atoms with Crippen molar-refractivity contribution in [3.63, 3.8) is 0 Å². The van der Waals surface area contributed by atoms with Crippen molar-refractivity contribution in [2.75, 3.05) is 5.32 Å². The first kappa shape index (κ1) is 14.5. The van der Waals surface area contributed by atoms with Crippen molar-refractivity contribution in [3.8, 4) is 0 Å². The first-order chi connectivity index (χ1) is 8.97. The van der Waals surface area contributed by atoms with Gasteiger partial charge in [-0.3, -0.25) is 9.59 Å². The number of pyridine rings is 1. The highest BCUT2D eigenvalue weighted by Crippen LogP contribution is 2.34. The summed E-state index contributed by atoms with van der Waals surface area (Å²) in [5.41, 5.74) is 0.753. The van der Waals surface area contributed by atoms with E-state index in [9.17, 15) is 9.59 Å². The lowest BCUT2D eigenvalue weighted by Crippen LogP contribution is -2.15. The zero-order valence-corrected chi connectivity index (χ0v) is 14.1. The van der Waals surface area contributed by atoms with Crippen LogP contribution in [-0.2, 0) is 0 Å². The maximum absolute atomic E-state index is 12.0. The van der Waals surface area contributed by atoms with Crippen LogP contribution in [0.1, 0.15) is 10.4 Å². The Kier molecular flexibility index (Phi) is 4.59. The second-order valence-electron chi connectivity index (χ2n) is 3.64. The zero-order chi connectivity index (χ0) is 14.0. The van der Waals surface area contributed by atoms with Gasteiger partial charge in [0.25, 0.3) is 5.91 Å². The summed E-state index contributed by atoms with van der Waals surface area (Å²) < 4.78 is 2.37. The van der Waals surface area contributed by atoms with Crippen LogP contribution in [0, 0.1) is 0 Å². The number of aromatic nitrogens is 1. The molecule has 0 fully saturated rings. The van der Waals surface area contributed by atoms with Gasteiger partial charge >= 0.3 is 0 Å². The van der Waals surface area contributed by atoms with Gasteiger partial charge in [-0.25, -0.2) is 0 Å². The molecular weight excluding hydrogens is 444 g/mol. The Labute approximate surface area is 134 Å². The molecule has 0 radical (unpaired) electrons. The van der Waals surface area contributed by atoms with Gasteiger partial charge in [0.2, 0.25) is 5.56 Å². The van der Waals surface area contributed by atoms with Crippen molar-refractivity contribution in [3.05, 3.63) is 59.8 Å². The summed E-state index contributed by atoms with van der Waals surface area (Å²) in [6.45, 7) is 0. The van der Waals surface area contributed by atoms with Crippen molar-refractivity contribution in [1.82, 2.24) is 4.98 Å². The van der Waals surface area contributed by atoms with E-state index in [1.807, 2.05) is 12.1 Å². The third-order valence-corrected chi connectivity index (χ3v) is 4.00. The molecule has 7 heteroatoms. The molecule has 1 aromatic carbocycles. The number of anilines is 1. The van der Waals surface area contributed by atoms with E-state index in [-0.39, 0.29) is 11.5 Å². The van der Waals surface area contributed by atoms with Gasteiger partial charge in [0, 0.05) is 25.7 Å².